The molecule has 168 valence electrons. The van der Waals surface area contributed by atoms with Gasteiger partial charge in [-0.15, -0.1) is 0 Å². The van der Waals surface area contributed by atoms with Crippen LogP contribution in [0.15, 0.2) is 72.4 Å². The van der Waals surface area contributed by atoms with E-state index in [0.29, 0.717) is 22.5 Å². The minimum atomic E-state index is -0.374. The van der Waals surface area contributed by atoms with Crippen molar-refractivity contribution in [1.29, 1.82) is 0 Å². The van der Waals surface area contributed by atoms with E-state index in [1.807, 2.05) is 95.3 Å². The number of rotatable bonds is 6. The van der Waals surface area contributed by atoms with Gasteiger partial charge in [0.25, 0.3) is 11.8 Å². The Morgan fingerprint density at radius 3 is 2.18 bits per heavy atom. The van der Waals surface area contributed by atoms with Crippen LogP contribution in [0.1, 0.15) is 36.1 Å². The first-order chi connectivity index (χ1) is 15.7. The minimum absolute atomic E-state index is 0.0693. The number of amides is 2. The maximum absolute atomic E-state index is 13.6. The molecule has 0 fully saturated rings. The normalized spacial score (nSPS) is 13.8. The topological polar surface area (TPSA) is 58.6 Å². The van der Waals surface area contributed by atoms with Crippen molar-refractivity contribution in [2.24, 2.45) is 0 Å². The summed E-state index contributed by atoms with van der Waals surface area (Å²) in [4.78, 5) is 28.4. The van der Waals surface area contributed by atoms with Crippen LogP contribution in [0.25, 0.3) is 5.57 Å². The lowest BCUT2D eigenvalue weighted by molar-refractivity contribution is -0.120. The largest absolute Gasteiger partial charge is 0.491 e. The first kappa shape index (κ1) is 22.3. The van der Waals surface area contributed by atoms with Crippen LogP contribution in [0.2, 0.25) is 0 Å². The van der Waals surface area contributed by atoms with Crippen molar-refractivity contribution in [1.82, 2.24) is 0 Å². The lowest BCUT2D eigenvalue weighted by Crippen LogP contribution is -2.32. The van der Waals surface area contributed by atoms with E-state index in [-0.39, 0.29) is 23.6 Å². The smallest absolute Gasteiger partial charge is 0.282 e. The maximum atomic E-state index is 13.6. The molecule has 0 bridgehead atoms. The highest BCUT2D eigenvalue weighted by Gasteiger charge is 2.40. The zero-order valence-electron chi connectivity index (χ0n) is 19.6. The molecule has 1 aliphatic heterocycles. The molecule has 0 atom stereocenters. The molecule has 0 spiro atoms. The molecular formula is C28H28N2O3. The number of anilines is 2. The van der Waals surface area contributed by atoms with E-state index < -0.39 is 0 Å². The fourth-order valence-electron chi connectivity index (χ4n) is 3.85. The molecule has 0 radical (unpaired) electrons. The first-order valence-electron chi connectivity index (χ1n) is 11.1. The summed E-state index contributed by atoms with van der Waals surface area (Å²) in [6, 6.07) is 20.6. The molecule has 2 amide bonds. The van der Waals surface area contributed by atoms with Gasteiger partial charge in [0.2, 0.25) is 0 Å². The highest BCUT2D eigenvalue weighted by molar-refractivity contribution is 6.46. The molecule has 1 N–H and O–H groups in total. The van der Waals surface area contributed by atoms with Gasteiger partial charge in [0, 0.05) is 5.69 Å². The molecule has 5 heteroatoms. The van der Waals surface area contributed by atoms with E-state index in [1.165, 1.54) is 4.90 Å². The van der Waals surface area contributed by atoms with E-state index in [0.717, 1.165) is 22.4 Å². The van der Waals surface area contributed by atoms with Crippen molar-refractivity contribution in [3.05, 3.63) is 94.7 Å². The second-order valence-electron chi connectivity index (χ2n) is 8.65. The lowest BCUT2D eigenvalue weighted by atomic mass is 9.99. The van der Waals surface area contributed by atoms with Gasteiger partial charge in [0.15, 0.2) is 0 Å². The van der Waals surface area contributed by atoms with Gasteiger partial charge in [-0.25, -0.2) is 4.90 Å². The van der Waals surface area contributed by atoms with E-state index in [4.69, 9.17) is 4.74 Å². The minimum Gasteiger partial charge on any atom is -0.491 e. The number of hydrogen-bond acceptors (Lipinski definition) is 4. The summed E-state index contributed by atoms with van der Waals surface area (Å²) in [5.74, 6) is 0.0339. The van der Waals surface area contributed by atoms with E-state index >= 15 is 0 Å². The average molecular weight is 441 g/mol. The molecule has 33 heavy (non-hydrogen) atoms. The Morgan fingerprint density at radius 2 is 1.55 bits per heavy atom. The molecule has 1 aliphatic rings. The van der Waals surface area contributed by atoms with Crippen LogP contribution in [0.5, 0.6) is 5.75 Å². The molecule has 0 aromatic heterocycles. The standard InChI is InChI=1S/C28H28N2O3/c1-17(2)33-24-13-11-22(12-14-24)29-26-25(21-10-9-19(4)20(5)16-21)27(31)30(28(26)32)23-8-6-7-18(3)15-23/h6-17,29H,1-5H3. The second kappa shape index (κ2) is 8.94. The molecule has 0 saturated carbocycles. The van der Waals surface area contributed by atoms with Crippen LogP contribution in [0.3, 0.4) is 0 Å². The summed E-state index contributed by atoms with van der Waals surface area (Å²) in [7, 11) is 0. The van der Waals surface area contributed by atoms with Crippen LogP contribution >= 0.6 is 0 Å². The number of carbonyl (C=O) groups is 2. The van der Waals surface area contributed by atoms with Gasteiger partial charge >= 0.3 is 0 Å². The number of hydrogen-bond donors (Lipinski definition) is 1. The summed E-state index contributed by atoms with van der Waals surface area (Å²) in [5, 5.41) is 3.21. The van der Waals surface area contributed by atoms with Gasteiger partial charge in [-0.3, -0.25) is 9.59 Å². The Labute approximate surface area is 194 Å². The number of aryl methyl sites for hydroxylation is 3. The van der Waals surface area contributed by atoms with Gasteiger partial charge in [-0.1, -0.05) is 30.3 Å². The van der Waals surface area contributed by atoms with Crippen LogP contribution in [-0.4, -0.2) is 17.9 Å². The van der Waals surface area contributed by atoms with Crippen LogP contribution in [-0.2, 0) is 9.59 Å². The number of benzene rings is 3. The summed E-state index contributed by atoms with van der Waals surface area (Å²) < 4.78 is 5.71. The fraction of sp³-hybridized carbons (Fsp3) is 0.214. The van der Waals surface area contributed by atoms with Gasteiger partial charge < -0.3 is 10.1 Å². The molecule has 5 nitrogen and oxygen atoms in total. The summed E-state index contributed by atoms with van der Waals surface area (Å²) >= 11 is 0. The van der Waals surface area contributed by atoms with Crippen molar-refractivity contribution < 1.29 is 14.3 Å². The second-order valence-corrected chi connectivity index (χ2v) is 8.65. The van der Waals surface area contributed by atoms with Crippen molar-refractivity contribution in [2.45, 2.75) is 40.7 Å². The van der Waals surface area contributed by atoms with E-state index in [9.17, 15) is 9.59 Å². The van der Waals surface area contributed by atoms with E-state index in [2.05, 4.69) is 5.32 Å². The number of nitrogens with zero attached hydrogens (tertiary/aromatic N) is 1. The highest BCUT2D eigenvalue weighted by atomic mass is 16.5. The van der Waals surface area contributed by atoms with Crippen molar-refractivity contribution in [3.63, 3.8) is 0 Å². The summed E-state index contributed by atoms with van der Waals surface area (Å²) in [6.07, 6.45) is 0.0693. The molecule has 1 heterocycles. The molecule has 0 saturated heterocycles. The molecule has 0 aliphatic carbocycles. The first-order valence-corrected chi connectivity index (χ1v) is 11.1. The van der Waals surface area contributed by atoms with E-state index in [1.54, 1.807) is 6.07 Å². The predicted molar refractivity (Wildman–Crippen MR) is 132 cm³/mol. The lowest BCUT2D eigenvalue weighted by Gasteiger charge is -2.16. The Morgan fingerprint density at radius 1 is 0.818 bits per heavy atom. The molecular weight excluding hydrogens is 412 g/mol. The van der Waals surface area contributed by atoms with Gasteiger partial charge in [0.05, 0.1) is 17.4 Å². The fourth-order valence-corrected chi connectivity index (χ4v) is 3.85. The maximum Gasteiger partial charge on any atom is 0.282 e. The zero-order valence-corrected chi connectivity index (χ0v) is 19.6. The quantitative estimate of drug-likeness (QED) is 0.493. The third-order valence-corrected chi connectivity index (χ3v) is 5.63. The molecule has 3 aromatic carbocycles. The van der Waals surface area contributed by atoms with Crippen LogP contribution in [0.4, 0.5) is 11.4 Å². The zero-order chi connectivity index (χ0) is 23.7. The summed E-state index contributed by atoms with van der Waals surface area (Å²) in [5.41, 5.74) is 5.77. The molecule has 3 aromatic rings. The van der Waals surface area contributed by atoms with Crippen molar-refractivity contribution >= 4 is 28.8 Å². The number of ether oxygens (including phenoxy) is 1. The SMILES string of the molecule is Cc1cccc(N2C(=O)C(Nc3ccc(OC(C)C)cc3)=C(c3ccc(C)c(C)c3)C2=O)c1. The number of carbonyl (C=O) groups excluding carboxylic acids is 2. The number of nitrogens with one attached hydrogen (secondary N) is 1. The Hall–Kier alpha value is -3.86. The number of imide groups is 1. The van der Waals surface area contributed by atoms with Crippen LogP contribution < -0.4 is 15.0 Å². The third-order valence-electron chi connectivity index (χ3n) is 5.63. The van der Waals surface area contributed by atoms with Gasteiger partial charge in [-0.2, -0.15) is 0 Å². The van der Waals surface area contributed by atoms with Crippen molar-refractivity contribution in [3.8, 4) is 5.75 Å². The third kappa shape index (κ3) is 4.53. The molecule has 0 unspecified atom stereocenters. The Kier molecular flexibility index (Phi) is 6.05. The van der Waals surface area contributed by atoms with Crippen LogP contribution in [0, 0.1) is 20.8 Å². The Bertz CT molecular complexity index is 1260. The monoisotopic (exact) mass is 440 g/mol. The predicted octanol–water partition coefficient (Wildman–Crippen LogP) is 5.80. The average Bonchev–Trinajstić information content (AvgIpc) is 3.00. The van der Waals surface area contributed by atoms with Gasteiger partial charge in [-0.05, 0) is 93.3 Å². The Balaban J connectivity index is 1.77. The molecule has 4 rings (SSSR count). The summed E-state index contributed by atoms with van der Waals surface area (Å²) in [6.45, 7) is 9.89. The van der Waals surface area contributed by atoms with Gasteiger partial charge in [0.1, 0.15) is 11.4 Å². The van der Waals surface area contributed by atoms with Crippen molar-refractivity contribution in [2.75, 3.05) is 10.2 Å². The highest BCUT2D eigenvalue weighted by Crippen LogP contribution is 2.35.